The molecule has 0 radical (unpaired) electrons. The predicted octanol–water partition coefficient (Wildman–Crippen LogP) is 9.04. The second-order valence-corrected chi connectivity index (χ2v) is 11.4. The molecular weight excluding hydrogens is 568 g/mol. The zero-order chi connectivity index (χ0) is 31.6. The van der Waals surface area contributed by atoms with Crippen molar-refractivity contribution in [3.8, 4) is 11.3 Å². The Balaban J connectivity index is 1.64. The molecule has 0 spiro atoms. The van der Waals surface area contributed by atoms with Gasteiger partial charge in [-0.15, -0.1) is 0 Å². The van der Waals surface area contributed by atoms with Crippen LogP contribution in [0.3, 0.4) is 0 Å². The average Bonchev–Trinajstić information content (AvgIpc) is 3.06. The molecule has 2 heterocycles. The molecule has 0 saturated carbocycles. The summed E-state index contributed by atoms with van der Waals surface area (Å²) in [6, 6.07) is 41.0. The van der Waals surface area contributed by atoms with Crippen molar-refractivity contribution in [3.63, 3.8) is 0 Å². The maximum absolute atomic E-state index is 15.0. The van der Waals surface area contributed by atoms with Crippen LogP contribution in [0, 0.1) is 21.7 Å². The maximum Gasteiger partial charge on any atom is 0.269 e. The van der Waals surface area contributed by atoms with Crippen LogP contribution in [0.25, 0.3) is 11.3 Å². The lowest BCUT2D eigenvalue weighted by molar-refractivity contribution is -0.384. The first-order valence-corrected chi connectivity index (χ1v) is 14.5. The molecule has 0 aliphatic rings. The van der Waals surface area contributed by atoms with Crippen LogP contribution in [0.2, 0.25) is 0 Å². The predicted molar refractivity (Wildman–Crippen MR) is 171 cm³/mol. The Labute approximate surface area is 260 Å². The van der Waals surface area contributed by atoms with Gasteiger partial charge in [0.05, 0.1) is 27.7 Å². The van der Waals surface area contributed by atoms with Crippen molar-refractivity contribution in [1.82, 2.24) is 9.97 Å². The van der Waals surface area contributed by atoms with Gasteiger partial charge in [-0.3, -0.25) is 20.1 Å². The minimum atomic E-state index is -1.05. The fourth-order valence-electron chi connectivity index (χ4n) is 5.90. The van der Waals surface area contributed by atoms with Crippen molar-refractivity contribution in [2.24, 2.45) is 0 Å². The number of non-ortho nitro benzene ring substituents is 1. The Hall–Kier alpha value is -5.56. The van der Waals surface area contributed by atoms with Gasteiger partial charge in [-0.05, 0) is 53.1 Å². The Kier molecular flexibility index (Phi) is 7.77. The number of pyridine rings is 2. The highest BCUT2D eigenvalue weighted by Crippen LogP contribution is 2.45. The number of aromatic nitrogens is 2. The molecule has 0 N–H and O–H groups in total. The van der Waals surface area contributed by atoms with Crippen LogP contribution in [0.1, 0.15) is 47.6 Å². The van der Waals surface area contributed by atoms with Gasteiger partial charge in [0.1, 0.15) is 17.0 Å². The van der Waals surface area contributed by atoms with Gasteiger partial charge in [0.2, 0.25) is 0 Å². The van der Waals surface area contributed by atoms with E-state index in [-0.39, 0.29) is 11.3 Å². The number of hydrogen-bond donors (Lipinski definition) is 0. The third-order valence-electron chi connectivity index (χ3n) is 8.31. The molecule has 0 aliphatic heterocycles. The first kappa shape index (κ1) is 29.5. The Morgan fingerprint density at radius 1 is 0.600 bits per heavy atom. The molecule has 0 saturated heterocycles. The Bertz CT molecular complexity index is 1960. The standard InChI is InChI=1S/C38H29F2N3O2/c1-37(2,28-16-9-17-30(24-28)43(44)45)34-19-11-21-36(42-34)38(26-12-5-3-6-13-26,27-14-7-4-8-15-27)35-20-10-18-33(41-35)31-23-22-29(39)25-32(31)40/h3-25H,1-2H3. The van der Waals surface area contributed by atoms with Crippen molar-refractivity contribution >= 4 is 5.69 Å². The molecule has 6 aromatic rings. The van der Waals surface area contributed by atoms with Crippen LogP contribution in [-0.2, 0) is 10.8 Å². The van der Waals surface area contributed by atoms with E-state index in [4.69, 9.17) is 9.97 Å². The summed E-state index contributed by atoms with van der Waals surface area (Å²) in [4.78, 5) is 21.5. The topological polar surface area (TPSA) is 68.9 Å². The highest BCUT2D eigenvalue weighted by molar-refractivity contribution is 5.63. The van der Waals surface area contributed by atoms with E-state index in [2.05, 4.69) is 0 Å². The van der Waals surface area contributed by atoms with Crippen molar-refractivity contribution in [1.29, 1.82) is 0 Å². The highest BCUT2D eigenvalue weighted by Gasteiger charge is 2.42. The van der Waals surface area contributed by atoms with Gasteiger partial charge >= 0.3 is 0 Å². The van der Waals surface area contributed by atoms with Crippen molar-refractivity contribution in [3.05, 3.63) is 195 Å². The average molecular weight is 598 g/mol. The maximum atomic E-state index is 15.0. The minimum Gasteiger partial charge on any atom is -0.258 e. The SMILES string of the molecule is CC(C)(c1cccc([N+](=O)[O-])c1)c1cccc(C(c2ccccc2)(c2ccccc2)c2cccc(-c3ccc(F)cc3F)n2)n1. The smallest absolute Gasteiger partial charge is 0.258 e. The molecule has 45 heavy (non-hydrogen) atoms. The van der Waals surface area contributed by atoms with E-state index in [0.29, 0.717) is 22.8 Å². The summed E-state index contributed by atoms with van der Waals surface area (Å²) in [6.45, 7) is 3.97. The van der Waals surface area contributed by atoms with E-state index in [1.807, 2.05) is 111 Å². The number of nitro benzene ring substituents is 1. The number of nitrogens with zero attached hydrogens (tertiary/aromatic N) is 3. The Morgan fingerprint density at radius 3 is 1.78 bits per heavy atom. The molecule has 6 rings (SSSR count). The molecular formula is C38H29F2N3O2. The number of halogens is 2. The molecule has 0 amide bonds. The second-order valence-electron chi connectivity index (χ2n) is 11.4. The molecule has 0 aliphatic carbocycles. The molecule has 222 valence electrons. The number of hydrogen-bond acceptors (Lipinski definition) is 4. The second kappa shape index (κ2) is 11.8. The minimum absolute atomic E-state index is 0.00804. The number of benzene rings is 4. The van der Waals surface area contributed by atoms with Gasteiger partial charge in [0.25, 0.3) is 5.69 Å². The van der Waals surface area contributed by atoms with E-state index in [0.717, 1.165) is 22.8 Å². The van der Waals surface area contributed by atoms with Crippen LogP contribution in [-0.4, -0.2) is 14.9 Å². The largest absolute Gasteiger partial charge is 0.269 e. The van der Waals surface area contributed by atoms with E-state index >= 15 is 4.39 Å². The summed E-state index contributed by atoms with van der Waals surface area (Å²) in [5, 5.41) is 11.6. The van der Waals surface area contributed by atoms with Crippen molar-refractivity contribution < 1.29 is 13.7 Å². The van der Waals surface area contributed by atoms with Crippen LogP contribution in [0.15, 0.2) is 140 Å². The number of nitro groups is 1. The van der Waals surface area contributed by atoms with Crippen LogP contribution in [0.5, 0.6) is 0 Å². The third kappa shape index (κ3) is 5.38. The van der Waals surface area contributed by atoms with Crippen LogP contribution < -0.4 is 0 Å². The van der Waals surface area contributed by atoms with E-state index < -0.39 is 27.4 Å². The molecule has 0 atom stereocenters. The van der Waals surface area contributed by atoms with Crippen molar-refractivity contribution in [2.75, 3.05) is 0 Å². The van der Waals surface area contributed by atoms with Gasteiger partial charge in [-0.25, -0.2) is 8.78 Å². The summed E-state index contributed by atoms with van der Waals surface area (Å²) in [5.41, 5.74) is 3.29. The van der Waals surface area contributed by atoms with E-state index in [1.165, 1.54) is 18.2 Å². The molecule has 7 heteroatoms. The van der Waals surface area contributed by atoms with Gasteiger partial charge in [0, 0.05) is 29.2 Å². The zero-order valence-corrected chi connectivity index (χ0v) is 24.7. The summed E-state index contributed by atoms with van der Waals surface area (Å²) in [6.07, 6.45) is 0. The quantitative estimate of drug-likeness (QED) is 0.130. The fraction of sp³-hybridized carbons (Fsp3) is 0.105. The molecule has 4 aromatic carbocycles. The van der Waals surface area contributed by atoms with Gasteiger partial charge in [0.15, 0.2) is 0 Å². The van der Waals surface area contributed by atoms with Crippen LogP contribution in [0.4, 0.5) is 14.5 Å². The lowest BCUT2D eigenvalue weighted by Crippen LogP contribution is -2.34. The fourth-order valence-corrected chi connectivity index (χ4v) is 5.90. The normalized spacial score (nSPS) is 11.7. The molecule has 0 bridgehead atoms. The zero-order valence-electron chi connectivity index (χ0n) is 24.7. The summed E-state index contributed by atoms with van der Waals surface area (Å²) >= 11 is 0. The first-order chi connectivity index (χ1) is 21.7. The highest BCUT2D eigenvalue weighted by atomic mass is 19.1. The monoisotopic (exact) mass is 597 g/mol. The van der Waals surface area contributed by atoms with E-state index in [1.54, 1.807) is 18.2 Å². The summed E-state index contributed by atoms with van der Waals surface area (Å²) in [5.74, 6) is -1.37. The lowest BCUT2D eigenvalue weighted by Gasteiger charge is -2.36. The third-order valence-corrected chi connectivity index (χ3v) is 8.31. The van der Waals surface area contributed by atoms with Crippen molar-refractivity contribution in [2.45, 2.75) is 24.7 Å². The Morgan fingerprint density at radius 2 is 1.16 bits per heavy atom. The lowest BCUT2D eigenvalue weighted by atomic mass is 9.68. The van der Waals surface area contributed by atoms with Gasteiger partial charge in [-0.1, -0.05) is 98.8 Å². The summed E-state index contributed by atoms with van der Waals surface area (Å²) in [7, 11) is 0. The van der Waals surface area contributed by atoms with Gasteiger partial charge < -0.3 is 0 Å². The molecule has 0 unspecified atom stereocenters. The number of rotatable bonds is 8. The first-order valence-electron chi connectivity index (χ1n) is 14.5. The van der Waals surface area contributed by atoms with E-state index in [9.17, 15) is 14.5 Å². The summed E-state index contributed by atoms with van der Waals surface area (Å²) < 4.78 is 28.8. The molecule has 5 nitrogen and oxygen atoms in total. The van der Waals surface area contributed by atoms with Crippen LogP contribution >= 0.6 is 0 Å². The molecule has 2 aromatic heterocycles. The van der Waals surface area contributed by atoms with Gasteiger partial charge in [-0.2, -0.15) is 0 Å². The molecule has 0 fully saturated rings.